The van der Waals surface area contributed by atoms with Gasteiger partial charge in [-0.25, -0.2) is 4.39 Å². The van der Waals surface area contributed by atoms with Gasteiger partial charge >= 0.3 is 0 Å². The number of carbonyl (C=O) groups is 2. The second-order valence-corrected chi connectivity index (χ2v) is 6.47. The molecule has 8 heteroatoms. The first kappa shape index (κ1) is 17.8. The monoisotopic (exact) mass is 379 g/mol. The lowest BCUT2D eigenvalue weighted by molar-refractivity contribution is 0.0529. The molecule has 0 saturated carbocycles. The van der Waals surface area contributed by atoms with Crippen molar-refractivity contribution in [3.05, 3.63) is 71.9 Å². The molecule has 1 aromatic carbocycles. The molecule has 1 aliphatic heterocycles. The summed E-state index contributed by atoms with van der Waals surface area (Å²) in [4.78, 5) is 32.4. The minimum Gasteiger partial charge on any atom is -0.335 e. The number of aromatic amines is 1. The Balaban J connectivity index is 1.40. The summed E-state index contributed by atoms with van der Waals surface area (Å²) in [5.41, 5.74) is 1.98. The summed E-state index contributed by atoms with van der Waals surface area (Å²) >= 11 is 0. The lowest BCUT2D eigenvalue weighted by atomic mass is 10.1. The van der Waals surface area contributed by atoms with Crippen LogP contribution in [0.25, 0.3) is 11.3 Å². The number of hydrogen-bond donors (Lipinski definition) is 1. The number of aromatic nitrogens is 3. The minimum absolute atomic E-state index is 0.0536. The van der Waals surface area contributed by atoms with Crippen molar-refractivity contribution in [2.45, 2.75) is 0 Å². The third kappa shape index (κ3) is 3.48. The van der Waals surface area contributed by atoms with Gasteiger partial charge in [-0.05, 0) is 30.3 Å². The Morgan fingerprint density at radius 2 is 1.57 bits per heavy atom. The van der Waals surface area contributed by atoms with Crippen molar-refractivity contribution < 1.29 is 14.0 Å². The summed E-state index contributed by atoms with van der Waals surface area (Å²) in [7, 11) is 0. The Hall–Kier alpha value is -3.55. The third-order valence-corrected chi connectivity index (χ3v) is 4.74. The topological polar surface area (TPSA) is 82.2 Å². The molecule has 3 heterocycles. The molecule has 28 heavy (non-hydrogen) atoms. The van der Waals surface area contributed by atoms with E-state index in [9.17, 15) is 14.0 Å². The molecule has 142 valence electrons. The van der Waals surface area contributed by atoms with E-state index < -0.39 is 5.82 Å². The van der Waals surface area contributed by atoms with E-state index in [1.165, 1.54) is 12.1 Å². The molecule has 1 aliphatic rings. The first-order valence-electron chi connectivity index (χ1n) is 8.92. The number of hydrogen-bond acceptors (Lipinski definition) is 4. The maximum absolute atomic E-state index is 13.8. The van der Waals surface area contributed by atoms with Crippen LogP contribution in [0.1, 0.15) is 20.8 Å². The van der Waals surface area contributed by atoms with Gasteiger partial charge < -0.3 is 9.80 Å². The number of carbonyl (C=O) groups excluding carboxylic acids is 2. The van der Waals surface area contributed by atoms with E-state index in [1.54, 1.807) is 40.4 Å². The fourth-order valence-corrected chi connectivity index (χ4v) is 3.19. The standard InChI is InChI=1S/C20H18FN5O2/c21-16-4-2-1-3-15(16)19(27)25-9-11-26(12-10-25)20(28)18-13-17(23-24-18)14-5-7-22-8-6-14/h1-8,13H,9-12H2,(H,23,24). The number of amides is 2. The molecule has 2 aromatic heterocycles. The van der Waals surface area contributed by atoms with Gasteiger partial charge in [0.05, 0.1) is 11.3 Å². The van der Waals surface area contributed by atoms with Gasteiger partial charge in [0.2, 0.25) is 0 Å². The highest BCUT2D eigenvalue weighted by Gasteiger charge is 2.27. The molecule has 0 spiro atoms. The fourth-order valence-electron chi connectivity index (χ4n) is 3.19. The second-order valence-electron chi connectivity index (χ2n) is 6.47. The van der Waals surface area contributed by atoms with E-state index in [2.05, 4.69) is 15.2 Å². The fraction of sp³-hybridized carbons (Fsp3) is 0.200. The predicted molar refractivity (Wildman–Crippen MR) is 100 cm³/mol. The number of piperazine rings is 1. The third-order valence-electron chi connectivity index (χ3n) is 4.74. The van der Waals surface area contributed by atoms with Crippen molar-refractivity contribution in [2.24, 2.45) is 0 Å². The van der Waals surface area contributed by atoms with Gasteiger partial charge in [-0.1, -0.05) is 12.1 Å². The van der Waals surface area contributed by atoms with Crippen LogP contribution >= 0.6 is 0 Å². The number of H-pyrrole nitrogens is 1. The number of nitrogens with one attached hydrogen (secondary N) is 1. The maximum atomic E-state index is 13.8. The normalized spacial score (nSPS) is 14.2. The van der Waals surface area contributed by atoms with Crippen LogP contribution in [0.4, 0.5) is 4.39 Å². The number of rotatable bonds is 3. The van der Waals surface area contributed by atoms with Crippen LogP contribution in [0.5, 0.6) is 0 Å². The quantitative estimate of drug-likeness (QED) is 0.756. The van der Waals surface area contributed by atoms with Crippen molar-refractivity contribution >= 4 is 11.8 Å². The average molecular weight is 379 g/mol. The molecule has 0 unspecified atom stereocenters. The number of benzene rings is 1. The van der Waals surface area contributed by atoms with Crippen molar-refractivity contribution in [1.29, 1.82) is 0 Å². The zero-order valence-corrected chi connectivity index (χ0v) is 15.0. The van der Waals surface area contributed by atoms with Crippen LogP contribution in [0, 0.1) is 5.82 Å². The zero-order chi connectivity index (χ0) is 19.5. The summed E-state index contributed by atoms with van der Waals surface area (Å²) in [6.45, 7) is 1.46. The molecule has 0 atom stereocenters. The first-order valence-corrected chi connectivity index (χ1v) is 8.92. The molecule has 2 amide bonds. The highest BCUT2D eigenvalue weighted by molar-refractivity contribution is 5.95. The Bertz CT molecular complexity index is 997. The Morgan fingerprint density at radius 1 is 0.929 bits per heavy atom. The molecule has 4 rings (SSSR count). The van der Waals surface area contributed by atoms with Crippen LogP contribution < -0.4 is 0 Å². The number of pyridine rings is 1. The predicted octanol–water partition coefficient (Wildman–Crippen LogP) is 2.21. The van der Waals surface area contributed by atoms with E-state index in [0.29, 0.717) is 37.6 Å². The van der Waals surface area contributed by atoms with Crippen molar-refractivity contribution in [1.82, 2.24) is 25.0 Å². The summed E-state index contributed by atoms with van der Waals surface area (Å²) in [5, 5.41) is 6.97. The minimum atomic E-state index is -0.535. The molecular formula is C20H18FN5O2. The van der Waals surface area contributed by atoms with Crippen LogP contribution in [0.3, 0.4) is 0 Å². The lowest BCUT2D eigenvalue weighted by Crippen LogP contribution is -2.50. The van der Waals surface area contributed by atoms with Crippen molar-refractivity contribution in [3.63, 3.8) is 0 Å². The van der Waals surface area contributed by atoms with Gasteiger partial charge in [0.25, 0.3) is 11.8 Å². The van der Waals surface area contributed by atoms with E-state index >= 15 is 0 Å². The van der Waals surface area contributed by atoms with Crippen LogP contribution in [-0.4, -0.2) is 63.0 Å². The largest absolute Gasteiger partial charge is 0.335 e. The van der Waals surface area contributed by atoms with E-state index in [0.717, 1.165) is 5.56 Å². The van der Waals surface area contributed by atoms with Gasteiger partial charge in [0.15, 0.2) is 0 Å². The Kier molecular flexibility index (Phi) is 4.84. The summed E-state index contributed by atoms with van der Waals surface area (Å²) in [5.74, 6) is -1.07. The molecule has 7 nitrogen and oxygen atoms in total. The molecule has 3 aromatic rings. The van der Waals surface area contributed by atoms with Gasteiger partial charge in [-0.2, -0.15) is 5.10 Å². The molecule has 0 radical (unpaired) electrons. The van der Waals surface area contributed by atoms with E-state index in [4.69, 9.17) is 0 Å². The molecule has 1 saturated heterocycles. The molecule has 0 bridgehead atoms. The van der Waals surface area contributed by atoms with Crippen LogP contribution in [-0.2, 0) is 0 Å². The Labute approximate surface area is 160 Å². The van der Waals surface area contributed by atoms with E-state index in [-0.39, 0.29) is 17.4 Å². The summed E-state index contributed by atoms with van der Waals surface area (Å²) in [6.07, 6.45) is 3.33. The molecule has 0 aliphatic carbocycles. The first-order chi connectivity index (χ1) is 13.6. The average Bonchev–Trinajstić information content (AvgIpc) is 3.24. The molecule has 1 N–H and O–H groups in total. The number of halogens is 1. The number of nitrogens with zero attached hydrogens (tertiary/aromatic N) is 4. The Morgan fingerprint density at radius 3 is 2.25 bits per heavy atom. The highest BCUT2D eigenvalue weighted by Crippen LogP contribution is 2.18. The van der Waals surface area contributed by atoms with Crippen LogP contribution in [0.15, 0.2) is 54.9 Å². The summed E-state index contributed by atoms with van der Waals surface area (Å²) in [6, 6.07) is 11.3. The summed E-state index contributed by atoms with van der Waals surface area (Å²) < 4.78 is 13.8. The maximum Gasteiger partial charge on any atom is 0.272 e. The van der Waals surface area contributed by atoms with Crippen molar-refractivity contribution in [2.75, 3.05) is 26.2 Å². The van der Waals surface area contributed by atoms with Gasteiger partial charge in [-0.15, -0.1) is 0 Å². The SMILES string of the molecule is O=C(c1cc(-c2ccncc2)n[nH]1)N1CCN(C(=O)c2ccccc2F)CC1. The smallest absolute Gasteiger partial charge is 0.272 e. The highest BCUT2D eigenvalue weighted by atomic mass is 19.1. The second kappa shape index (κ2) is 7.59. The molecular weight excluding hydrogens is 361 g/mol. The van der Waals surface area contributed by atoms with E-state index in [1.807, 2.05) is 12.1 Å². The van der Waals surface area contributed by atoms with Gasteiger partial charge in [-0.3, -0.25) is 19.7 Å². The molecule has 1 fully saturated rings. The lowest BCUT2D eigenvalue weighted by Gasteiger charge is -2.34. The van der Waals surface area contributed by atoms with Crippen molar-refractivity contribution in [3.8, 4) is 11.3 Å². The zero-order valence-electron chi connectivity index (χ0n) is 15.0. The van der Waals surface area contributed by atoms with Gasteiger partial charge in [0, 0.05) is 44.1 Å². The van der Waals surface area contributed by atoms with Gasteiger partial charge in [0.1, 0.15) is 11.5 Å². The van der Waals surface area contributed by atoms with Crippen LogP contribution in [0.2, 0.25) is 0 Å².